The van der Waals surface area contributed by atoms with Crippen LogP contribution in [0.5, 0.6) is 5.75 Å². The van der Waals surface area contributed by atoms with Crippen molar-refractivity contribution in [2.45, 2.75) is 51.2 Å². The third-order valence-electron chi connectivity index (χ3n) is 4.36. The van der Waals surface area contributed by atoms with E-state index >= 15 is 0 Å². The summed E-state index contributed by atoms with van der Waals surface area (Å²) in [4.78, 5) is 4.31. The third-order valence-corrected chi connectivity index (χ3v) is 4.36. The summed E-state index contributed by atoms with van der Waals surface area (Å²) in [6.45, 7) is 2.24. The number of hydrogen-bond acceptors (Lipinski definition) is 3. The molecule has 1 aromatic carbocycles. The minimum Gasteiger partial charge on any atom is -0.497 e. The van der Waals surface area contributed by atoms with Crippen LogP contribution in [0.3, 0.4) is 0 Å². The van der Waals surface area contributed by atoms with Gasteiger partial charge in [-0.15, -0.1) is 24.0 Å². The van der Waals surface area contributed by atoms with Crippen molar-refractivity contribution < 1.29 is 9.47 Å². The number of nitrogens with zero attached hydrogens (tertiary/aromatic N) is 1. The van der Waals surface area contributed by atoms with Crippen LogP contribution in [0.4, 0.5) is 0 Å². The molecule has 142 valence electrons. The Morgan fingerprint density at radius 2 is 1.88 bits per heavy atom. The lowest BCUT2D eigenvalue weighted by atomic mass is 9.96. The molecule has 0 radical (unpaired) electrons. The molecular formula is C19H32IN3O2. The number of ether oxygens (including phenoxy) is 2. The fourth-order valence-electron chi connectivity index (χ4n) is 2.93. The number of methoxy groups -OCH3 is 1. The lowest BCUT2D eigenvalue weighted by Gasteiger charge is -2.24. The second kappa shape index (κ2) is 13.2. The van der Waals surface area contributed by atoms with Gasteiger partial charge in [0.1, 0.15) is 5.75 Å². The summed E-state index contributed by atoms with van der Waals surface area (Å²) >= 11 is 0. The van der Waals surface area contributed by atoms with Gasteiger partial charge in [-0.1, -0.05) is 31.4 Å². The maximum absolute atomic E-state index is 5.72. The molecule has 0 aliphatic heterocycles. The molecule has 1 fully saturated rings. The van der Waals surface area contributed by atoms with Gasteiger partial charge in [0.15, 0.2) is 5.96 Å². The maximum Gasteiger partial charge on any atom is 0.191 e. The van der Waals surface area contributed by atoms with E-state index in [1.807, 2.05) is 31.3 Å². The summed E-state index contributed by atoms with van der Waals surface area (Å²) in [5.41, 5.74) is 1.17. The second-order valence-corrected chi connectivity index (χ2v) is 6.23. The second-order valence-electron chi connectivity index (χ2n) is 6.23. The summed E-state index contributed by atoms with van der Waals surface area (Å²) < 4.78 is 10.9. The molecule has 1 aliphatic rings. The van der Waals surface area contributed by atoms with E-state index in [4.69, 9.17) is 9.47 Å². The van der Waals surface area contributed by atoms with Crippen molar-refractivity contribution in [3.8, 4) is 5.75 Å². The predicted molar refractivity (Wildman–Crippen MR) is 114 cm³/mol. The quantitative estimate of drug-likeness (QED) is 0.268. The van der Waals surface area contributed by atoms with Gasteiger partial charge in [0, 0.05) is 26.2 Å². The van der Waals surface area contributed by atoms with Gasteiger partial charge in [-0.3, -0.25) is 4.99 Å². The number of halogens is 1. The predicted octanol–water partition coefficient (Wildman–Crippen LogP) is 3.72. The van der Waals surface area contributed by atoms with Crippen LogP contribution in [-0.2, 0) is 11.3 Å². The average molecular weight is 461 g/mol. The molecule has 0 spiro atoms. The highest BCUT2D eigenvalue weighted by Crippen LogP contribution is 2.17. The van der Waals surface area contributed by atoms with Gasteiger partial charge in [0.25, 0.3) is 0 Å². The number of hydrogen-bond donors (Lipinski definition) is 2. The van der Waals surface area contributed by atoms with E-state index in [0.717, 1.165) is 31.3 Å². The summed E-state index contributed by atoms with van der Waals surface area (Å²) in [6.07, 6.45) is 7.50. The van der Waals surface area contributed by atoms with Gasteiger partial charge < -0.3 is 20.1 Å². The van der Waals surface area contributed by atoms with Crippen LogP contribution in [0.2, 0.25) is 0 Å². The van der Waals surface area contributed by atoms with Crippen LogP contribution in [-0.4, -0.2) is 39.3 Å². The summed E-state index contributed by atoms with van der Waals surface area (Å²) in [7, 11) is 3.51. The Labute approximate surface area is 169 Å². The zero-order chi connectivity index (χ0) is 17.0. The monoisotopic (exact) mass is 461 g/mol. The van der Waals surface area contributed by atoms with Crippen molar-refractivity contribution >= 4 is 29.9 Å². The number of aliphatic imine (C=N–C) groups is 1. The van der Waals surface area contributed by atoms with Crippen molar-refractivity contribution in [3.05, 3.63) is 29.8 Å². The molecular weight excluding hydrogens is 429 g/mol. The molecule has 2 rings (SSSR count). The van der Waals surface area contributed by atoms with Gasteiger partial charge in [0.05, 0.1) is 13.7 Å². The number of benzene rings is 1. The van der Waals surface area contributed by atoms with Crippen molar-refractivity contribution in [2.75, 3.05) is 27.3 Å². The molecule has 0 aromatic heterocycles. The standard InChI is InChI=1S/C19H31N3O2.HI/c1-20-19(22-17-7-4-3-5-8-17)21-13-6-14-24-15-16-9-11-18(23-2)12-10-16;/h9-12,17H,3-8,13-15H2,1-2H3,(H2,20,21,22);1H. The van der Waals surface area contributed by atoms with Gasteiger partial charge in [-0.25, -0.2) is 0 Å². The van der Waals surface area contributed by atoms with E-state index in [2.05, 4.69) is 15.6 Å². The molecule has 0 saturated heterocycles. The number of rotatable bonds is 8. The molecule has 25 heavy (non-hydrogen) atoms. The van der Waals surface area contributed by atoms with Crippen LogP contribution in [0.15, 0.2) is 29.3 Å². The van der Waals surface area contributed by atoms with E-state index in [0.29, 0.717) is 12.6 Å². The molecule has 2 N–H and O–H groups in total. The third kappa shape index (κ3) is 8.76. The molecule has 1 aromatic rings. The zero-order valence-electron chi connectivity index (χ0n) is 15.4. The van der Waals surface area contributed by atoms with E-state index in [-0.39, 0.29) is 24.0 Å². The number of guanidine groups is 1. The zero-order valence-corrected chi connectivity index (χ0v) is 17.8. The highest BCUT2D eigenvalue weighted by atomic mass is 127. The molecule has 5 nitrogen and oxygen atoms in total. The SMILES string of the molecule is CN=C(NCCCOCc1ccc(OC)cc1)NC1CCCCC1.I. The lowest BCUT2D eigenvalue weighted by molar-refractivity contribution is 0.119. The van der Waals surface area contributed by atoms with Crippen LogP contribution < -0.4 is 15.4 Å². The first-order valence-corrected chi connectivity index (χ1v) is 8.99. The van der Waals surface area contributed by atoms with Crippen LogP contribution in [0.25, 0.3) is 0 Å². The van der Waals surface area contributed by atoms with E-state index in [1.165, 1.54) is 37.7 Å². The topological polar surface area (TPSA) is 54.9 Å². The van der Waals surface area contributed by atoms with Crippen LogP contribution in [0, 0.1) is 0 Å². The molecule has 6 heteroatoms. The van der Waals surface area contributed by atoms with E-state index in [9.17, 15) is 0 Å². The average Bonchev–Trinajstić information content (AvgIpc) is 2.64. The smallest absolute Gasteiger partial charge is 0.191 e. The Morgan fingerprint density at radius 1 is 1.16 bits per heavy atom. The molecule has 1 aliphatic carbocycles. The summed E-state index contributed by atoms with van der Waals surface area (Å²) in [6, 6.07) is 8.57. The van der Waals surface area contributed by atoms with Crippen molar-refractivity contribution in [3.63, 3.8) is 0 Å². The van der Waals surface area contributed by atoms with Crippen molar-refractivity contribution in [1.29, 1.82) is 0 Å². The highest BCUT2D eigenvalue weighted by Gasteiger charge is 2.13. The van der Waals surface area contributed by atoms with Gasteiger partial charge in [-0.2, -0.15) is 0 Å². The van der Waals surface area contributed by atoms with Gasteiger partial charge >= 0.3 is 0 Å². The Balaban J connectivity index is 0.00000312. The largest absolute Gasteiger partial charge is 0.497 e. The fraction of sp³-hybridized carbons (Fsp3) is 0.632. The van der Waals surface area contributed by atoms with Crippen LogP contribution >= 0.6 is 24.0 Å². The normalized spacial score (nSPS) is 15.4. The number of nitrogens with one attached hydrogen (secondary N) is 2. The first-order valence-electron chi connectivity index (χ1n) is 8.99. The first-order chi connectivity index (χ1) is 11.8. The molecule has 1 saturated carbocycles. The van der Waals surface area contributed by atoms with E-state index in [1.54, 1.807) is 7.11 Å². The molecule has 0 unspecified atom stereocenters. The Kier molecular flexibility index (Phi) is 11.6. The van der Waals surface area contributed by atoms with Gasteiger partial charge in [0.2, 0.25) is 0 Å². The summed E-state index contributed by atoms with van der Waals surface area (Å²) in [5.74, 6) is 1.79. The molecule has 0 heterocycles. The maximum atomic E-state index is 5.72. The lowest BCUT2D eigenvalue weighted by Crippen LogP contribution is -2.44. The Morgan fingerprint density at radius 3 is 2.52 bits per heavy atom. The summed E-state index contributed by atoms with van der Waals surface area (Å²) in [5, 5.41) is 6.89. The molecule has 0 bridgehead atoms. The Hall–Kier alpha value is -1.02. The molecule has 0 atom stereocenters. The van der Waals surface area contributed by atoms with Gasteiger partial charge in [-0.05, 0) is 37.0 Å². The molecule has 0 amide bonds. The minimum atomic E-state index is 0. The van der Waals surface area contributed by atoms with Crippen molar-refractivity contribution in [1.82, 2.24) is 10.6 Å². The Bertz CT molecular complexity index is 488. The highest BCUT2D eigenvalue weighted by molar-refractivity contribution is 14.0. The van der Waals surface area contributed by atoms with E-state index < -0.39 is 0 Å². The fourth-order valence-corrected chi connectivity index (χ4v) is 2.93. The van der Waals surface area contributed by atoms with Crippen LogP contribution in [0.1, 0.15) is 44.1 Å². The first kappa shape index (κ1) is 22.0. The van der Waals surface area contributed by atoms with Crippen molar-refractivity contribution in [2.24, 2.45) is 4.99 Å². The minimum absolute atomic E-state index is 0.